The van der Waals surface area contributed by atoms with Gasteiger partial charge in [0.1, 0.15) is 42.5 Å². The van der Waals surface area contributed by atoms with Gasteiger partial charge in [-0.05, 0) is 111 Å². The third kappa shape index (κ3) is 29.4. The van der Waals surface area contributed by atoms with Gasteiger partial charge in [-0.15, -0.1) is 0 Å². The predicted molar refractivity (Wildman–Crippen MR) is 398 cm³/mol. The maximum absolute atomic E-state index is 14.9. The molecule has 0 aliphatic carbocycles. The summed E-state index contributed by atoms with van der Waals surface area (Å²) >= 11 is 0. The number of aliphatic hydroxyl groups excluding tert-OH is 1. The van der Waals surface area contributed by atoms with E-state index in [1.807, 2.05) is 65.2 Å². The molecule has 15 atom stereocenters. The van der Waals surface area contributed by atoms with Gasteiger partial charge in [0.25, 0.3) is 0 Å². The minimum absolute atomic E-state index is 0.0172. The molecule has 0 saturated carbocycles. The molecule has 1 heterocycles. The zero-order chi connectivity index (χ0) is 79.7. The highest BCUT2D eigenvalue weighted by Crippen LogP contribution is 2.31. The third-order valence-electron chi connectivity index (χ3n) is 19.4. The fraction of sp³-hybridized carbons (Fsp3) is 0.676. The summed E-state index contributed by atoms with van der Waals surface area (Å²) in [4.78, 5) is 169. The van der Waals surface area contributed by atoms with Crippen molar-refractivity contribution >= 4 is 77.2 Å². The lowest BCUT2D eigenvalue weighted by Crippen LogP contribution is -2.60. The van der Waals surface area contributed by atoms with Gasteiger partial charge in [0, 0.05) is 60.1 Å². The van der Waals surface area contributed by atoms with Crippen molar-refractivity contribution in [3.05, 3.63) is 65.7 Å². The molecule has 2 aromatic carbocycles. The number of nitrogens with one attached hydrogen (secondary N) is 10. The molecule has 10 unspecified atom stereocenters. The van der Waals surface area contributed by atoms with Crippen molar-refractivity contribution in [3.63, 3.8) is 0 Å². The number of nitrogens with two attached hydrogens (primary N) is 2. The van der Waals surface area contributed by atoms with E-state index in [-0.39, 0.29) is 100 Å². The van der Waals surface area contributed by atoms with Gasteiger partial charge in [0.05, 0.1) is 61.4 Å². The molecular formula is C74H123N15O17. The van der Waals surface area contributed by atoms with Gasteiger partial charge in [-0.2, -0.15) is 10.5 Å². The van der Waals surface area contributed by atoms with E-state index in [0.29, 0.717) is 55.3 Å². The number of likely N-dealkylation sites (tertiary alicyclic amines) is 1. The van der Waals surface area contributed by atoms with Gasteiger partial charge in [-0.25, -0.2) is 9.59 Å². The summed E-state index contributed by atoms with van der Waals surface area (Å²) in [6.45, 7) is 22.2. The van der Waals surface area contributed by atoms with Crippen molar-refractivity contribution in [2.24, 2.45) is 47.0 Å². The topological polar surface area (TPSA) is 455 Å². The van der Waals surface area contributed by atoms with E-state index < -0.39 is 144 Å². The maximum Gasteiger partial charge on any atom is 0.312 e. The molecule has 0 aromatic heterocycles. The quantitative estimate of drug-likeness (QED) is 0.0257. The number of likely N-dealkylation sites (N-methyl/N-ethyl adjacent to an activating group) is 2. The van der Waals surface area contributed by atoms with Gasteiger partial charge in [0.15, 0.2) is 0 Å². The number of nitrogens with zero attached hydrogens (tertiary/aromatic N) is 3. The molecule has 596 valence electrons. The molecule has 32 nitrogen and oxygen atoms in total. The molecule has 2 aromatic rings. The molecule has 3 rings (SSSR count). The Morgan fingerprint density at radius 1 is 0.642 bits per heavy atom. The number of aliphatic hydroxyl groups is 1. The predicted octanol–water partition coefficient (Wildman–Crippen LogP) is 3.18. The summed E-state index contributed by atoms with van der Waals surface area (Å²) < 4.78 is 12.1. The highest BCUT2D eigenvalue weighted by molar-refractivity contribution is 5.99. The van der Waals surface area contributed by atoms with E-state index in [2.05, 4.69) is 47.9 Å². The molecule has 1 aliphatic rings. The normalized spacial score (nSPS) is 17.0. The Bertz CT molecular complexity index is 3130. The Morgan fingerprint density at radius 2 is 1.21 bits per heavy atom. The molecule has 0 radical (unpaired) electrons. The maximum atomic E-state index is 14.9. The summed E-state index contributed by atoms with van der Waals surface area (Å²) in [5, 5.41) is 46.6. The zero-order valence-electron chi connectivity index (χ0n) is 64.9. The second-order valence-electron chi connectivity index (χ2n) is 28.9. The Hall–Kier alpha value is -8.40. The van der Waals surface area contributed by atoms with E-state index >= 15 is 0 Å². The van der Waals surface area contributed by atoms with Crippen LogP contribution in [0.25, 0.3) is 0 Å². The summed E-state index contributed by atoms with van der Waals surface area (Å²) in [6.07, 6.45) is 0.497. The Kier molecular flexibility index (Phi) is 40.4. The second-order valence-corrected chi connectivity index (χ2v) is 28.9. The van der Waals surface area contributed by atoms with Crippen LogP contribution in [0.2, 0.25) is 0 Å². The monoisotopic (exact) mass is 1490 g/mol. The van der Waals surface area contributed by atoms with E-state index in [1.54, 1.807) is 102 Å². The van der Waals surface area contributed by atoms with Gasteiger partial charge in [-0.3, -0.25) is 48.0 Å². The summed E-state index contributed by atoms with van der Waals surface area (Å²) in [7, 11) is 6.30. The fourth-order valence-corrected chi connectivity index (χ4v) is 13.0. The van der Waals surface area contributed by atoms with Crippen LogP contribution in [0, 0.1) is 35.5 Å². The average molecular weight is 1490 g/mol. The minimum Gasteiger partial charge on any atom is -0.386 e. The summed E-state index contributed by atoms with van der Waals surface area (Å²) in [6, 6.07) is 5.01. The van der Waals surface area contributed by atoms with Crippen LogP contribution in [0.15, 0.2) is 54.6 Å². The van der Waals surface area contributed by atoms with Crippen LogP contribution < -0.4 is 64.8 Å². The first-order chi connectivity index (χ1) is 50.1. The number of benzene rings is 2. The standard InChI is InChI=1S/C74H123N15O17/c1-17-46(10)63(56(104-15)39-58(92)89-38-24-30-55(89)65(105-16)47(11)66(94)79-48(12)64(93)50-25-19-18-20-26-50)87(13)72(100)61(44(6)7)85-71(99)62(45(8)9)88(14)106-41-49-32-34-51(35-33-49)80-67(95)53(29-23-37-78-74(76)102)82-70(98)59(42(2)3)83-57(91)31-21-28-54(86-103)68(96)84-60(43(4)5)69(97)81-52(40-90)27-22-36-77-73(75)101/h18-20,25-26,32-35,40,42-48,52-56,59-65,86,93,103H,17,21-24,27-31,36-39,41H2,1-16H3,(H,79,94)(H,80,95)(H,81,97)(H,82,98)(H,83,91)(H,84,96)(H,85,99)(H3,75,77,101)(H3,76,78,102)/t46?,47?,48?,52?,53-,54?,55-,56?,59?,60-,61-,62?,63+,64?,65?/m0/s1. The number of hydrogen-bond acceptors (Lipinski definition) is 19. The number of primary amides is 2. The van der Waals surface area contributed by atoms with Crippen molar-refractivity contribution in [2.75, 3.05) is 53.3 Å². The van der Waals surface area contributed by atoms with Gasteiger partial charge in [-0.1, -0.05) is 125 Å². The van der Waals surface area contributed by atoms with Crippen LogP contribution in [0.3, 0.4) is 0 Å². The van der Waals surface area contributed by atoms with E-state index in [0.717, 1.165) is 0 Å². The number of hydroxylamine groups is 3. The molecule has 106 heavy (non-hydrogen) atoms. The lowest BCUT2D eigenvalue weighted by molar-refractivity contribution is -0.192. The van der Waals surface area contributed by atoms with Crippen LogP contribution >= 0.6 is 0 Å². The number of aldehydes is 1. The number of ether oxygens (including phenoxy) is 2. The number of hydrogen-bond donors (Lipinski definition) is 14. The lowest BCUT2D eigenvalue weighted by Gasteiger charge is -2.41. The molecule has 0 bridgehead atoms. The van der Waals surface area contributed by atoms with Crippen LogP contribution in [0.5, 0.6) is 0 Å². The van der Waals surface area contributed by atoms with Crippen molar-refractivity contribution in [3.8, 4) is 0 Å². The molecule has 32 heteroatoms. The molecule has 1 saturated heterocycles. The molecule has 1 fully saturated rings. The van der Waals surface area contributed by atoms with E-state index in [9.17, 15) is 67.8 Å². The highest BCUT2D eigenvalue weighted by Gasteiger charge is 2.44. The van der Waals surface area contributed by atoms with Crippen LogP contribution in [0.4, 0.5) is 15.3 Å². The Labute approximate surface area is 624 Å². The van der Waals surface area contributed by atoms with Gasteiger partial charge in [0.2, 0.25) is 53.2 Å². The minimum atomic E-state index is -1.27. The first-order valence-corrected chi connectivity index (χ1v) is 36.9. The molecule has 13 amide bonds. The largest absolute Gasteiger partial charge is 0.386 e. The fourth-order valence-electron chi connectivity index (χ4n) is 13.0. The van der Waals surface area contributed by atoms with Crippen molar-refractivity contribution in [1.82, 2.24) is 62.9 Å². The number of carbonyl (C=O) groups is 12. The molecular weight excluding hydrogens is 1370 g/mol. The van der Waals surface area contributed by atoms with Gasteiger partial charge >= 0.3 is 12.1 Å². The molecule has 1 aliphatic heterocycles. The second kappa shape index (κ2) is 46.6. The number of carbonyl (C=O) groups excluding carboxylic acids is 12. The van der Waals surface area contributed by atoms with Crippen molar-refractivity contribution in [1.29, 1.82) is 0 Å². The lowest BCUT2D eigenvalue weighted by atomic mass is 9.89. The van der Waals surface area contributed by atoms with Crippen molar-refractivity contribution in [2.45, 2.75) is 239 Å². The van der Waals surface area contributed by atoms with Crippen LogP contribution in [-0.4, -0.2) is 217 Å². The van der Waals surface area contributed by atoms with Crippen LogP contribution in [0.1, 0.15) is 171 Å². The number of anilines is 1. The van der Waals surface area contributed by atoms with Crippen LogP contribution in [-0.2, 0) is 68.9 Å². The first kappa shape index (κ1) is 91.8. The van der Waals surface area contributed by atoms with E-state index in [4.69, 9.17) is 25.8 Å². The zero-order valence-corrected chi connectivity index (χ0v) is 64.9. The van der Waals surface area contributed by atoms with E-state index in [1.165, 1.54) is 19.3 Å². The number of amides is 13. The SMILES string of the molecule is CCC(C)[C@H](C(CC(=O)N1CCC[C@H]1C(OC)C(C)C(=O)NC(C)C(O)c1ccccc1)OC)N(C)C(=O)[C@@H](NC(=O)C(C(C)C)N(C)OCc1ccc(NC(=O)[C@H](CCCNC(N)=O)NC(=O)C(NC(=O)CCCC(NO)C(=O)N[C@H](C(=O)NC(C=O)CCCNC(N)=O)C(C)C)C(C)C)cc1)C(C)C. The Balaban J connectivity index is 1.68. The number of methoxy groups -OCH3 is 2. The number of urea groups is 2. The molecule has 0 spiro atoms. The van der Waals surface area contributed by atoms with Crippen molar-refractivity contribution < 1.29 is 82.2 Å². The summed E-state index contributed by atoms with van der Waals surface area (Å²) in [5.74, 6) is -7.19. The third-order valence-corrected chi connectivity index (χ3v) is 19.4. The Morgan fingerprint density at radius 3 is 1.75 bits per heavy atom. The van der Waals surface area contributed by atoms with Gasteiger partial charge < -0.3 is 93.7 Å². The number of rotatable bonds is 48. The smallest absolute Gasteiger partial charge is 0.312 e. The molecule has 16 N–H and O–H groups in total. The average Bonchev–Trinajstić information content (AvgIpc) is 1.40. The highest BCUT2D eigenvalue weighted by atomic mass is 16.7. The summed E-state index contributed by atoms with van der Waals surface area (Å²) in [5.41, 5.74) is 13.9. The first-order valence-electron chi connectivity index (χ1n) is 36.9.